The molecule has 20 heavy (non-hydrogen) atoms. The summed E-state index contributed by atoms with van der Waals surface area (Å²) in [4.78, 5) is 16.4. The third-order valence-corrected chi connectivity index (χ3v) is 4.33. The number of nitrogens with two attached hydrogens (primary N) is 1. The van der Waals surface area contributed by atoms with Gasteiger partial charge < -0.3 is 16.4 Å². The number of amides is 1. The van der Waals surface area contributed by atoms with Crippen LogP contribution < -0.4 is 16.4 Å². The van der Waals surface area contributed by atoms with E-state index in [0.29, 0.717) is 9.60 Å². The molecule has 4 N–H and O–H groups in total. The number of rotatable bonds is 3. The third kappa shape index (κ3) is 3.02. The van der Waals surface area contributed by atoms with Crippen LogP contribution in [0.5, 0.6) is 0 Å². The molecule has 0 aliphatic heterocycles. The molecule has 0 saturated heterocycles. The Kier molecular flexibility index (Phi) is 4.46. The summed E-state index contributed by atoms with van der Waals surface area (Å²) in [7, 11) is 1.67. The van der Waals surface area contributed by atoms with Gasteiger partial charge in [-0.3, -0.25) is 4.79 Å². The van der Waals surface area contributed by atoms with Crippen molar-refractivity contribution in [3.63, 3.8) is 0 Å². The standard InChI is InChI=1S/C11H9BrClFN4OS/c1-16-11-18-9(15)8(20-11)10(19)17-7-5(12)2-4(14)3-6(7)13/h2-3H,15H2,1H3,(H,16,18)(H,17,19). The highest BCUT2D eigenvalue weighted by molar-refractivity contribution is 9.10. The van der Waals surface area contributed by atoms with Crippen molar-refractivity contribution < 1.29 is 9.18 Å². The fourth-order valence-electron chi connectivity index (χ4n) is 1.43. The van der Waals surface area contributed by atoms with Crippen LogP contribution >= 0.6 is 38.9 Å². The van der Waals surface area contributed by atoms with Crippen molar-refractivity contribution in [2.24, 2.45) is 0 Å². The van der Waals surface area contributed by atoms with Gasteiger partial charge in [-0.1, -0.05) is 22.9 Å². The van der Waals surface area contributed by atoms with Crippen molar-refractivity contribution in [1.82, 2.24) is 4.98 Å². The molecule has 0 spiro atoms. The van der Waals surface area contributed by atoms with Crippen LogP contribution in [0.3, 0.4) is 0 Å². The van der Waals surface area contributed by atoms with E-state index >= 15 is 0 Å². The molecule has 0 radical (unpaired) electrons. The van der Waals surface area contributed by atoms with Gasteiger partial charge in [0.25, 0.3) is 5.91 Å². The van der Waals surface area contributed by atoms with Crippen LogP contribution in [0.25, 0.3) is 0 Å². The summed E-state index contributed by atoms with van der Waals surface area (Å²) in [5.74, 6) is -0.850. The number of halogens is 3. The quantitative estimate of drug-likeness (QED) is 0.761. The Bertz CT molecular complexity index is 655. The average Bonchev–Trinajstić information content (AvgIpc) is 2.75. The lowest BCUT2D eigenvalue weighted by atomic mass is 10.3. The molecule has 0 atom stereocenters. The Morgan fingerprint density at radius 2 is 2.25 bits per heavy atom. The molecule has 1 aromatic heterocycles. The summed E-state index contributed by atoms with van der Waals surface area (Å²) in [5.41, 5.74) is 5.94. The monoisotopic (exact) mass is 378 g/mol. The Balaban J connectivity index is 2.30. The molecule has 1 heterocycles. The first-order chi connectivity index (χ1) is 9.42. The molecular formula is C11H9BrClFN4OS. The summed E-state index contributed by atoms with van der Waals surface area (Å²) in [6.07, 6.45) is 0. The molecule has 9 heteroatoms. The van der Waals surface area contributed by atoms with Gasteiger partial charge in [0.05, 0.1) is 10.7 Å². The molecule has 5 nitrogen and oxygen atoms in total. The van der Waals surface area contributed by atoms with Crippen LogP contribution in [0.4, 0.5) is 21.0 Å². The van der Waals surface area contributed by atoms with E-state index in [1.165, 1.54) is 6.07 Å². The van der Waals surface area contributed by atoms with Crippen molar-refractivity contribution in [3.8, 4) is 0 Å². The molecule has 0 bridgehead atoms. The summed E-state index contributed by atoms with van der Waals surface area (Å²) < 4.78 is 13.5. The second-order valence-electron chi connectivity index (χ2n) is 3.68. The summed E-state index contributed by atoms with van der Waals surface area (Å²) in [5, 5.41) is 5.99. The lowest BCUT2D eigenvalue weighted by Gasteiger charge is -2.08. The van der Waals surface area contributed by atoms with E-state index < -0.39 is 11.7 Å². The SMILES string of the molecule is CNc1nc(N)c(C(=O)Nc2c(Cl)cc(F)cc2Br)s1. The molecule has 0 aliphatic rings. The smallest absolute Gasteiger partial charge is 0.269 e. The highest BCUT2D eigenvalue weighted by Crippen LogP contribution is 2.33. The zero-order chi connectivity index (χ0) is 14.9. The van der Waals surface area contributed by atoms with E-state index in [0.717, 1.165) is 17.4 Å². The van der Waals surface area contributed by atoms with Crippen molar-refractivity contribution >= 4 is 61.4 Å². The number of nitrogens with zero attached hydrogens (tertiary/aromatic N) is 1. The first-order valence-corrected chi connectivity index (χ1v) is 7.31. The number of nitrogen functional groups attached to an aromatic ring is 1. The zero-order valence-corrected chi connectivity index (χ0v) is 13.3. The molecule has 2 rings (SSSR count). The van der Waals surface area contributed by atoms with Gasteiger partial charge in [0.2, 0.25) is 0 Å². The van der Waals surface area contributed by atoms with E-state index in [1.807, 2.05) is 0 Å². The van der Waals surface area contributed by atoms with Gasteiger partial charge in [0.1, 0.15) is 16.5 Å². The predicted molar refractivity (Wildman–Crippen MR) is 83.1 cm³/mol. The number of carbonyl (C=O) groups excluding carboxylic acids is 1. The average molecular weight is 380 g/mol. The topological polar surface area (TPSA) is 80.0 Å². The molecular weight excluding hydrogens is 371 g/mol. The van der Waals surface area contributed by atoms with Gasteiger partial charge in [0, 0.05) is 11.5 Å². The van der Waals surface area contributed by atoms with Crippen molar-refractivity contribution in [1.29, 1.82) is 0 Å². The minimum absolute atomic E-state index is 0.0853. The maximum Gasteiger partial charge on any atom is 0.269 e. The van der Waals surface area contributed by atoms with Crippen LogP contribution in [0, 0.1) is 5.82 Å². The molecule has 0 unspecified atom stereocenters. The number of aromatic nitrogens is 1. The Morgan fingerprint density at radius 3 is 2.80 bits per heavy atom. The van der Waals surface area contributed by atoms with Gasteiger partial charge in [0.15, 0.2) is 5.13 Å². The summed E-state index contributed by atoms with van der Waals surface area (Å²) >= 11 is 10.1. The normalized spacial score (nSPS) is 10.4. The molecule has 1 aromatic carbocycles. The number of carbonyl (C=O) groups is 1. The fourth-order valence-corrected chi connectivity index (χ4v) is 3.07. The maximum atomic E-state index is 13.1. The first kappa shape index (κ1) is 15.0. The maximum absolute atomic E-state index is 13.1. The van der Waals surface area contributed by atoms with E-state index in [1.54, 1.807) is 7.05 Å². The lowest BCUT2D eigenvalue weighted by molar-refractivity contribution is 0.103. The Labute approximate surface area is 131 Å². The van der Waals surface area contributed by atoms with Crippen LogP contribution in [-0.2, 0) is 0 Å². The lowest BCUT2D eigenvalue weighted by Crippen LogP contribution is -2.13. The van der Waals surface area contributed by atoms with Crippen LogP contribution in [0.1, 0.15) is 9.67 Å². The third-order valence-electron chi connectivity index (χ3n) is 2.32. The Hall–Kier alpha value is -1.38. The number of nitrogens with one attached hydrogen (secondary N) is 2. The van der Waals surface area contributed by atoms with E-state index in [4.69, 9.17) is 17.3 Å². The van der Waals surface area contributed by atoms with Crippen molar-refractivity contribution in [2.75, 3.05) is 23.4 Å². The number of anilines is 3. The second kappa shape index (κ2) is 5.94. The van der Waals surface area contributed by atoms with E-state index in [2.05, 4.69) is 31.5 Å². The van der Waals surface area contributed by atoms with Crippen LogP contribution in [-0.4, -0.2) is 17.9 Å². The number of hydrogen-bond acceptors (Lipinski definition) is 5. The molecule has 2 aromatic rings. The first-order valence-electron chi connectivity index (χ1n) is 5.32. The number of benzene rings is 1. The predicted octanol–water partition coefficient (Wildman–Crippen LogP) is 3.57. The Morgan fingerprint density at radius 1 is 1.55 bits per heavy atom. The number of thiazole rings is 1. The van der Waals surface area contributed by atoms with Gasteiger partial charge in [-0.25, -0.2) is 9.37 Å². The van der Waals surface area contributed by atoms with Crippen LogP contribution in [0.15, 0.2) is 16.6 Å². The van der Waals surface area contributed by atoms with Gasteiger partial charge in [-0.15, -0.1) is 0 Å². The summed E-state index contributed by atoms with van der Waals surface area (Å²) in [6, 6.07) is 2.31. The van der Waals surface area contributed by atoms with Crippen molar-refractivity contribution in [3.05, 3.63) is 32.3 Å². The van der Waals surface area contributed by atoms with Crippen molar-refractivity contribution in [2.45, 2.75) is 0 Å². The molecule has 1 amide bonds. The fraction of sp³-hybridized carbons (Fsp3) is 0.0909. The molecule has 0 saturated carbocycles. The minimum Gasteiger partial charge on any atom is -0.382 e. The molecule has 0 aliphatic carbocycles. The zero-order valence-electron chi connectivity index (χ0n) is 10.1. The second-order valence-corrected chi connectivity index (χ2v) is 5.94. The van der Waals surface area contributed by atoms with E-state index in [9.17, 15) is 9.18 Å². The van der Waals surface area contributed by atoms with Gasteiger partial charge in [-0.2, -0.15) is 0 Å². The van der Waals surface area contributed by atoms with Gasteiger partial charge in [-0.05, 0) is 28.1 Å². The highest BCUT2D eigenvalue weighted by Gasteiger charge is 2.18. The summed E-state index contributed by atoms with van der Waals surface area (Å²) in [6.45, 7) is 0. The van der Waals surface area contributed by atoms with Crippen LogP contribution in [0.2, 0.25) is 5.02 Å². The van der Waals surface area contributed by atoms with Gasteiger partial charge >= 0.3 is 0 Å². The number of hydrogen-bond donors (Lipinski definition) is 3. The minimum atomic E-state index is -0.505. The largest absolute Gasteiger partial charge is 0.382 e. The van der Waals surface area contributed by atoms with E-state index in [-0.39, 0.29) is 21.4 Å². The highest BCUT2D eigenvalue weighted by atomic mass is 79.9. The molecule has 106 valence electrons. The molecule has 0 fully saturated rings.